The number of unbranched alkanes of at least 4 members (excludes halogenated alkanes) is 2. The van der Waals surface area contributed by atoms with Gasteiger partial charge in [0.05, 0.1) is 46.8 Å². The van der Waals surface area contributed by atoms with E-state index >= 15 is 0 Å². The zero-order chi connectivity index (χ0) is 44.7. The second kappa shape index (κ2) is 15.7. The second-order valence-corrected chi connectivity index (χ2v) is 22.7. The standard InChI is InChI=1S/C43H52N4O12S3/c1-42(2)23-27(25-61(53,54)55)31-21-33-36(41-44(14-7-5-6-13-35(48)49)18-19-45(41)15-10-20-60(50,51)52)34-22-32-28(26-62(56,57)58)24-43(3,4)47-17-9-12-30(38(32)47)40(34)59-39(33)29-11-8-16-46(42)37(29)31/h18-19,21-24H,5-17,20,25-26H2,1-4H3,(H2-2,48,49,50,51,52,53,54,55,56,57,58)/p+2. The van der Waals surface area contributed by atoms with Gasteiger partial charge in [0.1, 0.15) is 41.9 Å². The smallest absolute Gasteiger partial charge is 0.303 e. The Morgan fingerprint density at radius 3 is 2.18 bits per heavy atom. The summed E-state index contributed by atoms with van der Waals surface area (Å²) in [5.41, 5.74) is 4.67. The number of aromatic nitrogens is 2. The number of hydrogen-bond donors (Lipinski definition) is 4. The number of carboxylic acid groups (broad SMARTS) is 1. The molecule has 0 atom stereocenters. The molecule has 5 aliphatic rings. The molecule has 5 aliphatic heterocycles. The number of hydrogen-bond acceptors (Lipinski definition) is 9. The van der Waals surface area contributed by atoms with E-state index in [1.807, 2.05) is 73.5 Å². The van der Waals surface area contributed by atoms with E-state index in [1.54, 1.807) is 0 Å². The Balaban J connectivity index is 1.49. The van der Waals surface area contributed by atoms with Crippen molar-refractivity contribution in [3.63, 3.8) is 0 Å². The molecule has 16 nitrogen and oxygen atoms in total. The molecule has 0 saturated heterocycles. The highest BCUT2D eigenvalue weighted by atomic mass is 32.2. The number of nitrogens with zero attached hydrogens (tertiary/aromatic N) is 4. The van der Waals surface area contributed by atoms with E-state index < -0.39 is 64.7 Å². The maximum absolute atomic E-state index is 12.6. The van der Waals surface area contributed by atoms with Gasteiger partial charge in [-0.2, -0.15) is 25.3 Å². The first-order valence-corrected chi connectivity index (χ1v) is 25.9. The van der Waals surface area contributed by atoms with E-state index in [0.717, 1.165) is 35.0 Å². The first-order valence-electron chi connectivity index (χ1n) is 21.0. The second-order valence-electron chi connectivity index (χ2n) is 18.2. The summed E-state index contributed by atoms with van der Waals surface area (Å²) < 4.78 is 118. The lowest BCUT2D eigenvalue weighted by atomic mass is 9.80. The molecule has 4 N–H and O–H groups in total. The highest BCUT2D eigenvalue weighted by Crippen LogP contribution is 2.52. The van der Waals surface area contributed by atoms with Crippen molar-refractivity contribution >= 4 is 58.7 Å². The molecular formula is C43H54N4O12S3+2. The average molecular weight is 915 g/mol. The van der Waals surface area contributed by atoms with Crippen molar-refractivity contribution in [3.8, 4) is 11.5 Å². The first-order chi connectivity index (χ1) is 28.9. The van der Waals surface area contributed by atoms with Gasteiger partial charge in [-0.3, -0.25) is 18.5 Å². The van der Waals surface area contributed by atoms with Crippen LogP contribution in [0.25, 0.3) is 16.7 Å². The molecule has 0 spiro atoms. The Labute approximate surface area is 361 Å². The van der Waals surface area contributed by atoms with Crippen molar-refractivity contribution in [2.45, 2.75) is 110 Å². The number of imidazole rings is 1. The predicted molar refractivity (Wildman–Crippen MR) is 233 cm³/mol. The Morgan fingerprint density at radius 2 is 1.50 bits per heavy atom. The van der Waals surface area contributed by atoms with Gasteiger partial charge in [0.15, 0.2) is 5.54 Å². The van der Waals surface area contributed by atoms with Gasteiger partial charge < -0.3 is 14.7 Å². The van der Waals surface area contributed by atoms with Gasteiger partial charge in [0, 0.05) is 61.6 Å². The number of ether oxygens (including phenoxy) is 1. The zero-order valence-electron chi connectivity index (χ0n) is 35.3. The SMILES string of the molecule is CC1(C)C=C(CS(=O)(=O)O)c2cc3c(c4c2N1CCC4)Oc1c2c4c(cc1=C3c1n(CCCCCC(=O)O)cc[n+]1CCCS(=O)(=O)O)C(CS(=O)(=O)O)=CC(C)(C)[N+]=4CCC2. The summed E-state index contributed by atoms with van der Waals surface area (Å²) >= 11 is 0. The van der Waals surface area contributed by atoms with E-state index in [9.17, 15) is 48.8 Å². The first kappa shape index (κ1) is 44.2. The molecule has 3 aromatic rings. The molecule has 8 rings (SSSR count). The number of carboxylic acids is 1. The molecule has 2 aromatic carbocycles. The largest absolute Gasteiger partial charge is 0.481 e. The fraction of sp³-hybridized carbons (Fsp3) is 0.512. The van der Waals surface area contributed by atoms with Crippen LogP contribution in [0.2, 0.25) is 0 Å². The van der Waals surface area contributed by atoms with Crippen LogP contribution >= 0.6 is 0 Å². The number of carbonyl (C=O) groups is 1. The third-order valence-electron chi connectivity index (χ3n) is 12.7. The molecule has 0 aliphatic carbocycles. The van der Waals surface area contributed by atoms with Crippen LogP contribution in [0.15, 0.2) is 36.7 Å². The summed E-state index contributed by atoms with van der Waals surface area (Å²) in [7, 11) is -13.3. The fourth-order valence-electron chi connectivity index (χ4n) is 10.4. The molecule has 334 valence electrons. The molecule has 0 bridgehead atoms. The quantitative estimate of drug-likeness (QED) is 0.0764. The fourth-order valence-corrected chi connectivity index (χ4v) is 12.1. The van der Waals surface area contributed by atoms with Crippen molar-refractivity contribution in [3.05, 3.63) is 80.9 Å². The molecule has 62 heavy (non-hydrogen) atoms. The molecule has 6 heterocycles. The van der Waals surface area contributed by atoms with Gasteiger partial charge in [-0.05, 0) is 81.7 Å². The molecule has 0 saturated carbocycles. The van der Waals surface area contributed by atoms with Crippen LogP contribution in [0.5, 0.6) is 11.5 Å². The number of rotatable bonds is 15. The Bertz CT molecular complexity index is 2960. The minimum atomic E-state index is -4.49. The zero-order valence-corrected chi connectivity index (χ0v) is 37.8. The topological polar surface area (TPSA) is 225 Å². The van der Waals surface area contributed by atoms with Crippen LogP contribution in [-0.4, -0.2) is 96.0 Å². The van der Waals surface area contributed by atoms with Gasteiger partial charge in [0.2, 0.25) is 5.36 Å². The summed E-state index contributed by atoms with van der Waals surface area (Å²) in [5, 5.41) is 10.7. The maximum atomic E-state index is 12.6. The average Bonchev–Trinajstić information content (AvgIpc) is 3.54. The van der Waals surface area contributed by atoms with Gasteiger partial charge in [-0.1, -0.05) is 6.08 Å². The summed E-state index contributed by atoms with van der Waals surface area (Å²) in [6.07, 6.45) is 11.9. The predicted octanol–water partition coefficient (Wildman–Crippen LogP) is 3.37. The lowest BCUT2D eigenvalue weighted by Crippen LogP contribution is -2.54. The minimum absolute atomic E-state index is 0.0197. The van der Waals surface area contributed by atoms with E-state index in [4.69, 9.17) is 4.74 Å². The third kappa shape index (κ3) is 8.51. The van der Waals surface area contributed by atoms with Crippen molar-refractivity contribution in [1.29, 1.82) is 0 Å². The summed E-state index contributed by atoms with van der Waals surface area (Å²) in [5.74, 6) is -0.841. The normalized spacial score (nSPS) is 18.5. The Hall–Kier alpha value is -4.40. The number of fused-ring (bicyclic) bond motifs is 4. The maximum Gasteiger partial charge on any atom is 0.303 e. The van der Waals surface area contributed by atoms with Crippen LogP contribution in [0.3, 0.4) is 0 Å². The highest BCUT2D eigenvalue weighted by molar-refractivity contribution is 7.86. The lowest BCUT2D eigenvalue weighted by molar-refractivity contribution is -0.698. The van der Waals surface area contributed by atoms with Crippen molar-refractivity contribution in [2.75, 3.05) is 35.2 Å². The Morgan fingerprint density at radius 1 is 0.806 bits per heavy atom. The number of anilines is 1. The lowest BCUT2D eigenvalue weighted by Gasteiger charge is -2.47. The van der Waals surface area contributed by atoms with E-state index in [2.05, 4.69) is 9.48 Å². The van der Waals surface area contributed by atoms with Crippen LogP contribution in [0, 0.1) is 0 Å². The molecule has 0 unspecified atom stereocenters. The van der Waals surface area contributed by atoms with Gasteiger partial charge in [0.25, 0.3) is 36.2 Å². The van der Waals surface area contributed by atoms with Crippen LogP contribution in [-0.2, 0) is 61.1 Å². The van der Waals surface area contributed by atoms with E-state index in [1.165, 1.54) is 0 Å². The molecule has 0 amide bonds. The molecule has 0 radical (unpaired) electrons. The van der Waals surface area contributed by atoms with Gasteiger partial charge in [-0.25, -0.2) is 13.7 Å². The minimum Gasteiger partial charge on any atom is -0.481 e. The molecular weight excluding hydrogens is 861 g/mol. The van der Waals surface area contributed by atoms with Crippen molar-refractivity contribution < 1.29 is 58.1 Å². The number of aliphatic carboxylic acids is 1. The van der Waals surface area contributed by atoms with Crippen LogP contribution < -0.4 is 29.4 Å². The van der Waals surface area contributed by atoms with Crippen molar-refractivity contribution in [1.82, 2.24) is 9.14 Å². The van der Waals surface area contributed by atoms with E-state index in [-0.39, 0.29) is 19.4 Å². The third-order valence-corrected chi connectivity index (χ3v) is 14.9. The number of benzene rings is 2. The van der Waals surface area contributed by atoms with Gasteiger partial charge in [-0.15, -0.1) is 0 Å². The monoisotopic (exact) mass is 914 g/mol. The highest BCUT2D eigenvalue weighted by Gasteiger charge is 2.44. The number of aryl methyl sites for hydroxylation is 2. The van der Waals surface area contributed by atoms with E-state index in [0.29, 0.717) is 108 Å². The summed E-state index contributed by atoms with van der Waals surface area (Å²) in [4.78, 5) is 13.6. The summed E-state index contributed by atoms with van der Waals surface area (Å²) in [6.45, 7) is 10.0. The van der Waals surface area contributed by atoms with Crippen molar-refractivity contribution in [2.24, 2.45) is 0 Å². The summed E-state index contributed by atoms with van der Waals surface area (Å²) in [6, 6.07) is 3.80. The molecule has 1 aromatic heterocycles. The molecule has 0 fully saturated rings. The Kier molecular flexibility index (Phi) is 11.2. The van der Waals surface area contributed by atoms with Gasteiger partial charge >= 0.3 is 5.97 Å². The molecule has 19 heteroatoms. The van der Waals surface area contributed by atoms with Crippen LogP contribution in [0.1, 0.15) is 106 Å². The van der Waals surface area contributed by atoms with Crippen LogP contribution in [0.4, 0.5) is 5.69 Å².